The molecule has 0 radical (unpaired) electrons. The smallest absolute Gasteiger partial charge is 0.331 e. The molecule has 0 aliphatic carbocycles. The van der Waals surface area contributed by atoms with Crippen LogP contribution in [0.5, 0.6) is 5.75 Å². The van der Waals surface area contributed by atoms with Crippen LogP contribution in [0.2, 0.25) is 25.7 Å². The lowest BCUT2D eigenvalue weighted by Crippen LogP contribution is -2.28. The number of nitrogens with one attached hydrogen (secondary N) is 1. The van der Waals surface area contributed by atoms with Crippen molar-refractivity contribution in [3.8, 4) is 5.75 Å². The molecule has 1 aromatic carbocycles. The van der Waals surface area contributed by atoms with E-state index in [2.05, 4.69) is 51.8 Å². The molecular weight excluding hydrogens is 517 g/mol. The minimum Gasteiger partial charge on any atom is -0.493 e. The van der Waals surface area contributed by atoms with Crippen LogP contribution in [0.1, 0.15) is 68.5 Å². The van der Waals surface area contributed by atoms with Gasteiger partial charge in [0.25, 0.3) is 0 Å². The van der Waals surface area contributed by atoms with E-state index in [9.17, 15) is 9.67 Å². The van der Waals surface area contributed by atoms with Gasteiger partial charge in [-0.05, 0) is 70.2 Å². The Balaban J connectivity index is 2.27. The highest BCUT2D eigenvalue weighted by atomic mass is 31.2. The molecule has 1 aromatic rings. The fourth-order valence-corrected chi connectivity index (χ4v) is 7.08. The first kappa shape index (κ1) is 33.2. The Morgan fingerprint density at radius 1 is 1.18 bits per heavy atom. The predicted octanol–water partition coefficient (Wildman–Crippen LogP) is 6.57. The van der Waals surface area contributed by atoms with Crippen molar-refractivity contribution in [1.82, 2.24) is 5.32 Å². The molecule has 2 N–H and O–H groups in total. The third-order valence-corrected chi connectivity index (χ3v) is 10.8. The van der Waals surface area contributed by atoms with Crippen molar-refractivity contribution in [2.45, 2.75) is 98.9 Å². The predicted molar refractivity (Wildman–Crippen MR) is 159 cm³/mol. The summed E-state index contributed by atoms with van der Waals surface area (Å²) in [5.41, 5.74) is 6.83. The van der Waals surface area contributed by atoms with Gasteiger partial charge in [-0.3, -0.25) is 4.57 Å². The van der Waals surface area contributed by atoms with Gasteiger partial charge in [-0.15, -0.1) is 0 Å². The van der Waals surface area contributed by atoms with Crippen molar-refractivity contribution >= 4 is 15.7 Å². The van der Waals surface area contributed by atoms with E-state index in [1.165, 1.54) is 22.3 Å². The van der Waals surface area contributed by atoms with E-state index in [0.717, 1.165) is 35.8 Å². The lowest BCUT2D eigenvalue weighted by molar-refractivity contribution is -0.0540. The maximum atomic E-state index is 12.7. The Labute approximate surface area is 232 Å². The van der Waals surface area contributed by atoms with Crippen LogP contribution in [0, 0.1) is 6.92 Å². The SMILES string of the molecule is CCOP(=O)(CCNC/C(C)=C/Cc1c(CC)c(C)c2c(c1OCC[Si](C)(C)C)C(O)C(C)OC2)OCC. The van der Waals surface area contributed by atoms with Gasteiger partial charge in [0.15, 0.2) is 0 Å². The van der Waals surface area contributed by atoms with Gasteiger partial charge in [0, 0.05) is 32.3 Å². The number of hydrogen-bond acceptors (Lipinski definition) is 7. The van der Waals surface area contributed by atoms with Crippen LogP contribution in [0.3, 0.4) is 0 Å². The summed E-state index contributed by atoms with van der Waals surface area (Å²) in [5.74, 6) is 0.856. The molecule has 1 heterocycles. The van der Waals surface area contributed by atoms with E-state index in [-0.39, 0.29) is 6.10 Å². The molecule has 2 rings (SSSR count). The van der Waals surface area contributed by atoms with Crippen LogP contribution >= 0.6 is 7.60 Å². The number of aliphatic hydroxyl groups excluding tert-OH is 1. The largest absolute Gasteiger partial charge is 0.493 e. The topological polar surface area (TPSA) is 86.3 Å². The first-order chi connectivity index (χ1) is 17.9. The van der Waals surface area contributed by atoms with Crippen molar-refractivity contribution in [2.75, 3.05) is 39.1 Å². The number of aliphatic hydroxyl groups is 1. The minimum absolute atomic E-state index is 0.271. The van der Waals surface area contributed by atoms with Crippen LogP contribution < -0.4 is 10.1 Å². The van der Waals surface area contributed by atoms with Crippen molar-refractivity contribution in [1.29, 1.82) is 0 Å². The van der Waals surface area contributed by atoms with E-state index in [1.54, 1.807) is 0 Å². The molecule has 0 saturated heterocycles. The highest BCUT2D eigenvalue weighted by Crippen LogP contribution is 2.47. The van der Waals surface area contributed by atoms with Crippen molar-refractivity contribution in [3.05, 3.63) is 39.5 Å². The molecule has 38 heavy (non-hydrogen) atoms. The van der Waals surface area contributed by atoms with Crippen LogP contribution in [0.25, 0.3) is 0 Å². The molecule has 0 aromatic heterocycles. The van der Waals surface area contributed by atoms with Crippen LogP contribution in [0.4, 0.5) is 0 Å². The number of ether oxygens (including phenoxy) is 2. The van der Waals surface area contributed by atoms with Gasteiger partial charge in [-0.25, -0.2) is 0 Å². The molecular formula is C29H52NO6PSi. The van der Waals surface area contributed by atoms with Crippen LogP contribution in [-0.4, -0.2) is 58.4 Å². The third-order valence-electron chi connectivity index (χ3n) is 7.07. The average Bonchev–Trinajstić information content (AvgIpc) is 2.83. The zero-order valence-electron chi connectivity index (χ0n) is 25.2. The zero-order valence-corrected chi connectivity index (χ0v) is 27.1. The second kappa shape index (κ2) is 15.1. The highest BCUT2D eigenvalue weighted by Gasteiger charge is 2.33. The van der Waals surface area contributed by atoms with Gasteiger partial charge in [0.2, 0.25) is 0 Å². The number of rotatable bonds is 16. The van der Waals surface area contributed by atoms with Gasteiger partial charge in [0.05, 0.1) is 38.7 Å². The Morgan fingerprint density at radius 2 is 1.84 bits per heavy atom. The summed E-state index contributed by atoms with van der Waals surface area (Å²) in [6.07, 6.45) is 3.22. The summed E-state index contributed by atoms with van der Waals surface area (Å²) in [6.45, 7) is 22.2. The monoisotopic (exact) mass is 569 g/mol. The second-order valence-corrected chi connectivity index (χ2v) is 19.2. The third kappa shape index (κ3) is 9.29. The summed E-state index contributed by atoms with van der Waals surface area (Å²) >= 11 is 0. The quantitative estimate of drug-likeness (QED) is 0.101. The fraction of sp³-hybridized carbons (Fsp3) is 0.724. The van der Waals surface area contributed by atoms with Gasteiger partial charge in [-0.1, -0.05) is 38.2 Å². The summed E-state index contributed by atoms with van der Waals surface area (Å²) < 4.78 is 35.9. The molecule has 7 nitrogen and oxygen atoms in total. The maximum absolute atomic E-state index is 12.7. The van der Waals surface area contributed by atoms with Crippen LogP contribution in [0.15, 0.2) is 11.6 Å². The lowest BCUT2D eigenvalue weighted by atomic mass is 9.84. The molecule has 0 spiro atoms. The van der Waals surface area contributed by atoms with E-state index in [0.29, 0.717) is 45.7 Å². The number of hydrogen-bond donors (Lipinski definition) is 2. The van der Waals surface area contributed by atoms with Crippen molar-refractivity contribution in [3.63, 3.8) is 0 Å². The van der Waals surface area contributed by atoms with Gasteiger partial charge in [-0.2, -0.15) is 0 Å². The fourth-order valence-electron chi connectivity index (χ4n) is 4.81. The Bertz CT molecular complexity index is 981. The number of allylic oxidation sites excluding steroid dienone is 1. The molecule has 9 heteroatoms. The number of benzene rings is 1. The molecule has 0 amide bonds. The molecule has 2 atom stereocenters. The normalized spacial score (nSPS) is 18.5. The summed E-state index contributed by atoms with van der Waals surface area (Å²) in [6, 6.07) is 1.06. The van der Waals surface area contributed by atoms with Gasteiger partial charge >= 0.3 is 7.60 Å². The molecule has 218 valence electrons. The zero-order chi connectivity index (χ0) is 28.5. The molecule has 1 aliphatic heterocycles. The summed E-state index contributed by atoms with van der Waals surface area (Å²) in [5, 5.41) is 14.6. The van der Waals surface area contributed by atoms with Crippen molar-refractivity contribution < 1.29 is 28.2 Å². The first-order valence-corrected chi connectivity index (χ1v) is 19.6. The van der Waals surface area contributed by atoms with E-state index in [4.69, 9.17) is 18.5 Å². The van der Waals surface area contributed by atoms with Crippen molar-refractivity contribution in [2.24, 2.45) is 0 Å². The van der Waals surface area contributed by atoms with Gasteiger partial charge in [0.1, 0.15) is 11.9 Å². The van der Waals surface area contributed by atoms with Gasteiger partial charge < -0.3 is 28.9 Å². The second-order valence-electron chi connectivity index (χ2n) is 11.4. The van der Waals surface area contributed by atoms with E-state index in [1.807, 2.05) is 20.8 Å². The first-order valence-electron chi connectivity index (χ1n) is 14.2. The summed E-state index contributed by atoms with van der Waals surface area (Å²) in [4.78, 5) is 0. The molecule has 2 unspecified atom stereocenters. The Hall–Kier alpha value is -0.993. The molecule has 0 saturated carbocycles. The maximum Gasteiger partial charge on any atom is 0.331 e. The number of fused-ring (bicyclic) bond motifs is 1. The average molecular weight is 570 g/mol. The lowest BCUT2D eigenvalue weighted by Gasteiger charge is -2.34. The van der Waals surface area contributed by atoms with Crippen LogP contribution in [-0.2, 0) is 37.8 Å². The van der Waals surface area contributed by atoms with E-state index < -0.39 is 21.8 Å². The standard InChI is InChI=1S/C29H52NO6PSi/c1-10-24-22(5)26-20-34-23(6)28(31)27(26)29(33-16-18-38(7,8)9)25(24)14-13-21(4)19-30-15-17-37(32,35-11-2)36-12-3/h13,23,28,30-31H,10-12,14-20H2,1-9H3/b21-13+. The minimum atomic E-state index is -3.04. The van der Waals surface area contributed by atoms with E-state index >= 15 is 0 Å². The Kier molecular flexibility index (Phi) is 13.2. The summed E-state index contributed by atoms with van der Waals surface area (Å²) in [7, 11) is -4.32. The molecule has 0 fully saturated rings. The molecule has 0 bridgehead atoms. The highest BCUT2D eigenvalue weighted by molar-refractivity contribution is 7.53. The molecule has 1 aliphatic rings. The Morgan fingerprint density at radius 3 is 2.42 bits per heavy atom.